The Morgan fingerprint density at radius 1 is 0.659 bits per heavy atom. The Bertz CT molecular complexity index is 1460. The van der Waals surface area contributed by atoms with Crippen LogP contribution in [-0.2, 0) is 32.1 Å². The average Bonchev–Trinajstić information content (AvgIpc) is 3.07. The minimum Gasteiger partial charge on any atom is -0.207 e. The molecule has 0 amide bonds. The number of fused-ring (bicyclic) bond motifs is 1. The van der Waals surface area contributed by atoms with Gasteiger partial charge in [0, 0.05) is 0 Å². The number of benzene rings is 4. The fourth-order valence-corrected chi connectivity index (χ4v) is 7.80. The van der Waals surface area contributed by atoms with Gasteiger partial charge in [0.2, 0.25) is 0 Å². The molecule has 1 fully saturated rings. The molecule has 0 saturated heterocycles. The molecule has 0 bridgehead atoms. The van der Waals surface area contributed by atoms with E-state index in [4.69, 9.17) is 0 Å². The lowest BCUT2D eigenvalue weighted by atomic mass is 9.70. The summed E-state index contributed by atoms with van der Waals surface area (Å²) in [5.41, 5.74) is 9.86. The van der Waals surface area contributed by atoms with Gasteiger partial charge in [-0.3, -0.25) is 0 Å². The van der Waals surface area contributed by atoms with Gasteiger partial charge in [-0.05, 0) is 120 Å². The summed E-state index contributed by atoms with van der Waals surface area (Å²) in [6, 6.07) is 34.6. The molecule has 4 aromatic carbocycles. The largest absolute Gasteiger partial charge is 0.207 e. The molecular formula is C43H49F. The molecule has 0 radical (unpaired) electrons. The van der Waals surface area contributed by atoms with Gasteiger partial charge < -0.3 is 0 Å². The molecule has 6 rings (SSSR count). The molecule has 0 aliphatic heterocycles. The summed E-state index contributed by atoms with van der Waals surface area (Å²) in [4.78, 5) is 0. The van der Waals surface area contributed by atoms with Gasteiger partial charge in [-0.15, -0.1) is 0 Å². The van der Waals surface area contributed by atoms with Crippen LogP contribution in [0.4, 0.5) is 4.39 Å². The van der Waals surface area contributed by atoms with Gasteiger partial charge >= 0.3 is 0 Å². The number of allylic oxidation sites excluding steroid dienone is 1. The van der Waals surface area contributed by atoms with Crippen LogP contribution in [-0.4, -0.2) is 0 Å². The van der Waals surface area contributed by atoms with Crippen LogP contribution in [0.25, 0.3) is 6.08 Å². The van der Waals surface area contributed by atoms with Crippen molar-refractivity contribution in [3.63, 3.8) is 0 Å². The predicted octanol–water partition coefficient (Wildman–Crippen LogP) is 11.5. The lowest BCUT2D eigenvalue weighted by Gasteiger charge is -2.34. The molecule has 0 aromatic heterocycles. The van der Waals surface area contributed by atoms with Crippen LogP contribution in [0.5, 0.6) is 0 Å². The van der Waals surface area contributed by atoms with Crippen molar-refractivity contribution in [2.45, 2.75) is 95.8 Å². The van der Waals surface area contributed by atoms with Crippen molar-refractivity contribution in [2.24, 2.45) is 11.8 Å². The lowest BCUT2D eigenvalue weighted by molar-refractivity contribution is 0.333. The van der Waals surface area contributed by atoms with Crippen molar-refractivity contribution in [1.29, 1.82) is 0 Å². The van der Waals surface area contributed by atoms with Crippen molar-refractivity contribution in [2.75, 3.05) is 0 Å². The Hall–Kier alpha value is -3.45. The number of aryl methyl sites for hydroxylation is 3. The summed E-state index contributed by atoms with van der Waals surface area (Å²) in [6.07, 6.45) is 22.4. The van der Waals surface area contributed by atoms with E-state index in [1.54, 1.807) is 12.1 Å². The Morgan fingerprint density at radius 3 is 2.16 bits per heavy atom. The third kappa shape index (κ3) is 8.59. The summed E-state index contributed by atoms with van der Waals surface area (Å²) in [5.74, 6) is 1.84. The highest BCUT2D eigenvalue weighted by Gasteiger charge is 2.30. The fraction of sp³-hybridized carbons (Fsp3) is 0.395. The number of hydrogen-bond donors (Lipinski definition) is 0. The second-order valence-electron chi connectivity index (χ2n) is 13.5. The van der Waals surface area contributed by atoms with Crippen LogP contribution in [0.2, 0.25) is 0 Å². The van der Waals surface area contributed by atoms with E-state index < -0.39 is 0 Å². The van der Waals surface area contributed by atoms with Crippen LogP contribution < -0.4 is 0 Å². The number of halogens is 1. The zero-order valence-corrected chi connectivity index (χ0v) is 26.4. The maximum Gasteiger partial charge on any atom is 0.123 e. The third-order valence-corrected chi connectivity index (χ3v) is 10.4. The zero-order chi connectivity index (χ0) is 30.0. The smallest absolute Gasteiger partial charge is 0.123 e. The zero-order valence-electron chi connectivity index (χ0n) is 26.4. The predicted molar refractivity (Wildman–Crippen MR) is 185 cm³/mol. The van der Waals surface area contributed by atoms with Gasteiger partial charge in [-0.2, -0.15) is 0 Å². The second-order valence-corrected chi connectivity index (χ2v) is 13.5. The summed E-state index contributed by atoms with van der Waals surface area (Å²) in [6.45, 7) is 0. The van der Waals surface area contributed by atoms with E-state index in [-0.39, 0.29) is 5.82 Å². The van der Waals surface area contributed by atoms with Crippen LogP contribution >= 0.6 is 0 Å². The maximum atomic E-state index is 13.7. The third-order valence-electron chi connectivity index (χ3n) is 10.4. The first-order chi connectivity index (χ1) is 21.7. The number of hydrogen-bond acceptors (Lipinski definition) is 0. The van der Waals surface area contributed by atoms with E-state index in [2.05, 4.69) is 84.9 Å². The van der Waals surface area contributed by atoms with E-state index in [1.165, 1.54) is 96.7 Å². The van der Waals surface area contributed by atoms with E-state index >= 15 is 0 Å². The van der Waals surface area contributed by atoms with Gasteiger partial charge in [0.1, 0.15) is 5.82 Å². The number of unbranched alkanes of at least 4 members (excludes halogenated alkanes) is 1. The van der Waals surface area contributed by atoms with Crippen LogP contribution in [0.15, 0.2) is 103 Å². The minimum absolute atomic E-state index is 0.152. The first-order valence-electron chi connectivity index (χ1n) is 17.3. The molecule has 2 aliphatic carbocycles. The van der Waals surface area contributed by atoms with Gasteiger partial charge in [0.25, 0.3) is 0 Å². The molecule has 0 spiro atoms. The Labute approximate surface area is 265 Å². The molecule has 0 heterocycles. The molecule has 2 unspecified atom stereocenters. The SMILES string of the molecule is Fc1ccc(CC2CCc3cc(CCc4ccccc4)ccc3C2Cc2ccc(/C=C/CCCC3CCCCC3)cc2)cc1. The molecule has 0 nitrogen and oxygen atoms in total. The fourth-order valence-electron chi connectivity index (χ4n) is 7.80. The van der Waals surface area contributed by atoms with Gasteiger partial charge in [-0.25, -0.2) is 4.39 Å². The lowest BCUT2D eigenvalue weighted by Crippen LogP contribution is -2.24. The van der Waals surface area contributed by atoms with Crippen molar-refractivity contribution < 1.29 is 4.39 Å². The maximum absolute atomic E-state index is 13.7. The molecule has 1 saturated carbocycles. The van der Waals surface area contributed by atoms with Crippen molar-refractivity contribution >= 4 is 6.08 Å². The Balaban J connectivity index is 1.12. The van der Waals surface area contributed by atoms with E-state index in [1.807, 2.05) is 12.1 Å². The Morgan fingerprint density at radius 2 is 1.36 bits per heavy atom. The molecule has 2 atom stereocenters. The highest BCUT2D eigenvalue weighted by molar-refractivity contribution is 5.50. The summed E-state index contributed by atoms with van der Waals surface area (Å²) < 4.78 is 13.7. The van der Waals surface area contributed by atoms with Crippen LogP contribution in [0.1, 0.15) is 103 Å². The molecule has 0 N–H and O–H groups in total. The van der Waals surface area contributed by atoms with Gasteiger partial charge in [-0.1, -0.05) is 136 Å². The standard InChI is InChI=1S/C43H49F/c44-41-27-22-37(23-28-41)31-40-26-25-39-30-36(19-16-34-13-7-3-8-14-34)24-29-42(39)43(40)32-38-20-17-35(18-21-38)15-9-2-6-12-33-10-4-1-5-11-33/h3,7-9,13-15,17-18,20-24,27-30,33,40,43H,1-2,4-6,10-12,16,19,25-26,31-32H2/b15-9+. The molecule has 1 heteroatoms. The monoisotopic (exact) mass is 584 g/mol. The highest BCUT2D eigenvalue weighted by Crippen LogP contribution is 2.41. The molecule has 4 aromatic rings. The summed E-state index contributed by atoms with van der Waals surface area (Å²) in [7, 11) is 0. The van der Waals surface area contributed by atoms with E-state index in [0.717, 1.165) is 38.0 Å². The summed E-state index contributed by atoms with van der Waals surface area (Å²) >= 11 is 0. The first kappa shape index (κ1) is 30.6. The first-order valence-corrected chi connectivity index (χ1v) is 17.3. The normalized spacial score (nSPS) is 18.8. The average molecular weight is 585 g/mol. The summed E-state index contributed by atoms with van der Waals surface area (Å²) in [5, 5.41) is 0. The van der Waals surface area contributed by atoms with Crippen molar-refractivity contribution in [3.05, 3.63) is 148 Å². The minimum atomic E-state index is -0.152. The highest BCUT2D eigenvalue weighted by atomic mass is 19.1. The number of rotatable bonds is 12. The van der Waals surface area contributed by atoms with E-state index in [0.29, 0.717) is 11.8 Å². The topological polar surface area (TPSA) is 0 Å². The van der Waals surface area contributed by atoms with Crippen LogP contribution in [0.3, 0.4) is 0 Å². The molecule has 2 aliphatic rings. The quantitative estimate of drug-likeness (QED) is 0.145. The molecule has 44 heavy (non-hydrogen) atoms. The van der Waals surface area contributed by atoms with Crippen molar-refractivity contribution in [3.8, 4) is 0 Å². The van der Waals surface area contributed by atoms with Crippen LogP contribution in [0, 0.1) is 17.7 Å². The molecular weight excluding hydrogens is 535 g/mol. The second kappa shape index (κ2) is 15.5. The van der Waals surface area contributed by atoms with E-state index in [9.17, 15) is 4.39 Å². The van der Waals surface area contributed by atoms with Gasteiger partial charge in [0.15, 0.2) is 0 Å². The Kier molecular flexibility index (Phi) is 10.8. The molecule has 228 valence electrons. The van der Waals surface area contributed by atoms with Gasteiger partial charge in [0.05, 0.1) is 0 Å². The van der Waals surface area contributed by atoms with Crippen molar-refractivity contribution in [1.82, 2.24) is 0 Å².